The molecule has 0 radical (unpaired) electrons. The Labute approximate surface area is 196 Å². The molecule has 0 aliphatic heterocycles. The van der Waals surface area contributed by atoms with Gasteiger partial charge in [-0.3, -0.25) is 0 Å². The summed E-state index contributed by atoms with van der Waals surface area (Å²) < 4.78 is 20.9. The van der Waals surface area contributed by atoms with Gasteiger partial charge in [-0.1, -0.05) is 25.6 Å². The number of rotatable bonds is 8. The number of nitrogens with one attached hydrogen (secondary N) is 1. The standard InChI is InChI=1S/C26H35NO6/c1-16-6-9-21(22-13-19(25(28)32-5)8-10-20(16)22)17(2)15-33-26(29)27-14-18-7-11-23(30-3)24(12-18)31-4/h7,11-13,16,20-22H,2,6,8-10,14-15H2,1,3-5H3,(H,27,29)/t16-,20-,21+,22-/m0/s1. The Morgan fingerprint density at radius 1 is 1.09 bits per heavy atom. The van der Waals surface area contributed by atoms with Crippen LogP contribution in [0.25, 0.3) is 0 Å². The molecule has 0 bridgehead atoms. The number of fused-ring (bicyclic) bond motifs is 1. The molecule has 0 saturated heterocycles. The maximum Gasteiger partial charge on any atom is 0.407 e. The van der Waals surface area contributed by atoms with Crippen molar-refractivity contribution >= 4 is 12.1 Å². The SMILES string of the molecule is C=C(COC(=O)NCc1ccc(OC)c(OC)c1)[C@H]1CC[C@H](C)[C@@H]2CCC(C(=O)OC)=C[C@@H]21. The molecule has 0 unspecified atom stereocenters. The first-order valence-corrected chi connectivity index (χ1v) is 11.5. The summed E-state index contributed by atoms with van der Waals surface area (Å²) in [5.74, 6) is 2.50. The summed E-state index contributed by atoms with van der Waals surface area (Å²) in [6, 6.07) is 5.47. The van der Waals surface area contributed by atoms with Crippen LogP contribution < -0.4 is 14.8 Å². The van der Waals surface area contributed by atoms with Gasteiger partial charge in [0.25, 0.3) is 0 Å². The number of hydrogen-bond donors (Lipinski definition) is 1. The molecule has 1 N–H and O–H groups in total. The minimum absolute atomic E-state index is 0.154. The Morgan fingerprint density at radius 3 is 2.55 bits per heavy atom. The van der Waals surface area contributed by atoms with E-state index in [1.807, 2.05) is 12.1 Å². The molecule has 3 rings (SSSR count). The van der Waals surface area contributed by atoms with Crippen LogP contribution in [0.3, 0.4) is 0 Å². The molecule has 0 spiro atoms. The Morgan fingerprint density at radius 2 is 1.85 bits per heavy atom. The third-order valence-electron chi connectivity index (χ3n) is 7.01. The summed E-state index contributed by atoms with van der Waals surface area (Å²) in [6.07, 6.45) is 5.40. The molecule has 1 aromatic rings. The number of amides is 1. The molecule has 1 saturated carbocycles. The highest BCUT2D eigenvalue weighted by molar-refractivity contribution is 5.88. The Hall–Kier alpha value is -2.96. The first-order chi connectivity index (χ1) is 15.9. The topological polar surface area (TPSA) is 83.1 Å². The average Bonchev–Trinajstić information content (AvgIpc) is 2.85. The van der Waals surface area contributed by atoms with Gasteiger partial charge in [-0.15, -0.1) is 0 Å². The molecular weight excluding hydrogens is 422 g/mol. The molecule has 1 fully saturated rings. The molecule has 1 aromatic carbocycles. The summed E-state index contributed by atoms with van der Waals surface area (Å²) in [6.45, 7) is 6.98. The number of hydrogen-bond acceptors (Lipinski definition) is 6. The predicted octanol–water partition coefficient (Wildman–Crippen LogP) is 4.66. The highest BCUT2D eigenvalue weighted by Crippen LogP contribution is 2.47. The van der Waals surface area contributed by atoms with Crippen LogP contribution in [0.2, 0.25) is 0 Å². The largest absolute Gasteiger partial charge is 0.493 e. The number of allylic oxidation sites excluding steroid dienone is 1. The van der Waals surface area contributed by atoms with Gasteiger partial charge in [0.15, 0.2) is 11.5 Å². The minimum Gasteiger partial charge on any atom is -0.493 e. The fraction of sp³-hybridized carbons (Fsp3) is 0.538. The van der Waals surface area contributed by atoms with Crippen molar-refractivity contribution in [1.82, 2.24) is 5.32 Å². The van der Waals surface area contributed by atoms with Gasteiger partial charge >= 0.3 is 12.1 Å². The van der Waals surface area contributed by atoms with Crippen molar-refractivity contribution < 1.29 is 28.5 Å². The minimum atomic E-state index is -0.499. The number of esters is 1. The number of carbonyl (C=O) groups excluding carboxylic acids is 2. The van der Waals surface area contributed by atoms with E-state index in [0.29, 0.717) is 29.9 Å². The Balaban J connectivity index is 1.56. The normalized spacial score (nSPS) is 24.1. The van der Waals surface area contributed by atoms with Crippen LogP contribution in [0, 0.1) is 23.7 Å². The van der Waals surface area contributed by atoms with E-state index in [4.69, 9.17) is 18.9 Å². The molecular formula is C26H35NO6. The fourth-order valence-corrected chi connectivity index (χ4v) is 5.14. The quantitative estimate of drug-likeness (QED) is 0.452. The van der Waals surface area contributed by atoms with E-state index in [9.17, 15) is 9.59 Å². The molecule has 0 aromatic heterocycles. The van der Waals surface area contributed by atoms with E-state index < -0.39 is 6.09 Å². The Bertz CT molecular complexity index is 908. The summed E-state index contributed by atoms with van der Waals surface area (Å²) in [4.78, 5) is 24.4. The lowest BCUT2D eigenvalue weighted by Crippen LogP contribution is -2.37. The predicted molar refractivity (Wildman–Crippen MR) is 125 cm³/mol. The van der Waals surface area contributed by atoms with E-state index in [1.165, 1.54) is 7.11 Å². The molecule has 2 aliphatic carbocycles. The molecule has 180 valence electrons. The second-order valence-electron chi connectivity index (χ2n) is 8.90. The molecule has 2 aliphatic rings. The molecule has 4 atom stereocenters. The third-order valence-corrected chi connectivity index (χ3v) is 7.01. The zero-order chi connectivity index (χ0) is 24.0. The first-order valence-electron chi connectivity index (χ1n) is 11.5. The van der Waals surface area contributed by atoms with E-state index in [2.05, 4.69) is 24.9 Å². The van der Waals surface area contributed by atoms with Gasteiger partial charge in [0.05, 0.1) is 21.3 Å². The van der Waals surface area contributed by atoms with E-state index in [-0.39, 0.29) is 24.4 Å². The lowest BCUT2D eigenvalue weighted by Gasteiger charge is -2.44. The number of alkyl carbamates (subject to hydrolysis) is 1. The van der Waals surface area contributed by atoms with Crippen molar-refractivity contribution in [3.63, 3.8) is 0 Å². The van der Waals surface area contributed by atoms with Crippen molar-refractivity contribution in [2.45, 2.75) is 39.2 Å². The van der Waals surface area contributed by atoms with E-state index in [1.54, 1.807) is 20.3 Å². The van der Waals surface area contributed by atoms with Crippen LogP contribution in [0.15, 0.2) is 42.0 Å². The highest BCUT2D eigenvalue weighted by atomic mass is 16.5. The van der Waals surface area contributed by atoms with Gasteiger partial charge in [0, 0.05) is 12.1 Å². The number of carbonyl (C=O) groups is 2. The number of methoxy groups -OCH3 is 3. The van der Waals surface area contributed by atoms with Crippen LogP contribution in [-0.2, 0) is 20.8 Å². The average molecular weight is 458 g/mol. The number of ether oxygens (including phenoxy) is 4. The van der Waals surface area contributed by atoms with Gasteiger partial charge < -0.3 is 24.3 Å². The van der Waals surface area contributed by atoms with E-state index in [0.717, 1.165) is 42.4 Å². The second kappa shape index (κ2) is 11.3. The molecule has 33 heavy (non-hydrogen) atoms. The lowest BCUT2D eigenvalue weighted by atomic mass is 9.61. The summed E-state index contributed by atoms with van der Waals surface area (Å²) in [7, 11) is 4.57. The maximum absolute atomic E-state index is 12.3. The first kappa shape index (κ1) is 24.7. The zero-order valence-corrected chi connectivity index (χ0v) is 20.0. The van der Waals surface area contributed by atoms with Crippen LogP contribution in [-0.4, -0.2) is 40.0 Å². The van der Waals surface area contributed by atoms with Crippen LogP contribution in [0.5, 0.6) is 11.5 Å². The van der Waals surface area contributed by atoms with Crippen molar-refractivity contribution in [2.24, 2.45) is 23.7 Å². The fourth-order valence-electron chi connectivity index (χ4n) is 5.14. The van der Waals surface area contributed by atoms with Crippen molar-refractivity contribution in [3.8, 4) is 11.5 Å². The van der Waals surface area contributed by atoms with Crippen molar-refractivity contribution in [3.05, 3.63) is 47.6 Å². The van der Waals surface area contributed by atoms with Crippen LogP contribution in [0.4, 0.5) is 4.79 Å². The van der Waals surface area contributed by atoms with Gasteiger partial charge in [0.1, 0.15) is 6.61 Å². The van der Waals surface area contributed by atoms with Gasteiger partial charge in [-0.25, -0.2) is 9.59 Å². The van der Waals surface area contributed by atoms with Crippen LogP contribution >= 0.6 is 0 Å². The third kappa shape index (κ3) is 5.89. The zero-order valence-electron chi connectivity index (χ0n) is 20.0. The smallest absolute Gasteiger partial charge is 0.407 e. The molecule has 7 heteroatoms. The van der Waals surface area contributed by atoms with Crippen molar-refractivity contribution in [1.29, 1.82) is 0 Å². The molecule has 1 amide bonds. The molecule has 0 heterocycles. The monoisotopic (exact) mass is 457 g/mol. The maximum atomic E-state index is 12.3. The van der Waals surface area contributed by atoms with Crippen molar-refractivity contribution in [2.75, 3.05) is 27.9 Å². The van der Waals surface area contributed by atoms with Gasteiger partial charge in [0.2, 0.25) is 0 Å². The van der Waals surface area contributed by atoms with Gasteiger partial charge in [-0.05, 0) is 72.6 Å². The summed E-state index contributed by atoms with van der Waals surface area (Å²) in [5, 5.41) is 2.77. The van der Waals surface area contributed by atoms with Crippen LogP contribution in [0.1, 0.15) is 38.2 Å². The van der Waals surface area contributed by atoms with Gasteiger partial charge in [-0.2, -0.15) is 0 Å². The second-order valence-corrected chi connectivity index (χ2v) is 8.90. The molecule has 7 nitrogen and oxygen atoms in total. The summed E-state index contributed by atoms with van der Waals surface area (Å²) >= 11 is 0. The van der Waals surface area contributed by atoms with E-state index >= 15 is 0 Å². The number of benzene rings is 1. The lowest BCUT2D eigenvalue weighted by molar-refractivity contribution is -0.136. The highest BCUT2D eigenvalue weighted by Gasteiger charge is 2.40. The summed E-state index contributed by atoms with van der Waals surface area (Å²) in [5.41, 5.74) is 2.51. The Kier molecular flexibility index (Phi) is 8.42.